The van der Waals surface area contributed by atoms with Gasteiger partial charge < -0.3 is 23.2 Å². The van der Waals surface area contributed by atoms with Crippen molar-refractivity contribution < 1.29 is 0 Å². The third-order valence-corrected chi connectivity index (χ3v) is 31.3. The summed E-state index contributed by atoms with van der Waals surface area (Å²) in [5.74, 6) is 0. The second kappa shape index (κ2) is 20.6. The normalized spacial score (nSPS) is 14.7. The number of hydrogen-bond acceptors (Lipinski definition) is 1. The van der Waals surface area contributed by atoms with Crippen molar-refractivity contribution in [1.82, 2.24) is 18.3 Å². The third kappa shape index (κ3) is 7.36. The van der Waals surface area contributed by atoms with E-state index in [2.05, 4.69) is 381 Å². The fourth-order valence-corrected chi connectivity index (χ4v) is 28.2. The summed E-state index contributed by atoms with van der Waals surface area (Å²) in [7, 11) is -6.56. The van der Waals surface area contributed by atoms with Gasteiger partial charge in [0.15, 0.2) is 16.1 Å². The molecule has 0 spiro atoms. The molecule has 6 heterocycles. The molecular weight excluding hydrogens is 1210 g/mol. The number of aromatic nitrogens is 4. The van der Waals surface area contributed by atoms with E-state index in [-0.39, 0.29) is 0 Å². The zero-order valence-electron chi connectivity index (χ0n) is 52.8. The highest BCUT2D eigenvalue weighted by molar-refractivity contribution is 7.24. The number of nitrogens with zero attached hydrogens (tertiary/aromatic N) is 5. The Balaban J connectivity index is 0.860. The van der Waals surface area contributed by atoms with Gasteiger partial charge in [0.2, 0.25) is 0 Å². The molecule has 2 aliphatic rings. The Kier molecular flexibility index (Phi) is 11.5. The molecule has 1 unspecified atom stereocenters. The molecule has 452 valence electrons. The van der Waals surface area contributed by atoms with Gasteiger partial charge in [0.25, 0.3) is 0 Å². The summed E-state index contributed by atoms with van der Waals surface area (Å²) in [5, 5.41) is 20.8. The molecule has 4 aromatic heterocycles. The van der Waals surface area contributed by atoms with Crippen LogP contribution in [0.15, 0.2) is 358 Å². The molecule has 0 amide bonds. The minimum Gasteiger partial charge on any atom is -0.311 e. The Morgan fingerprint density at radius 2 is 0.474 bits per heavy atom. The number of benzene rings is 15. The Morgan fingerprint density at radius 1 is 0.175 bits per heavy atom. The zero-order chi connectivity index (χ0) is 63.5. The van der Waals surface area contributed by atoms with E-state index in [0.717, 1.165) is 33.8 Å². The van der Waals surface area contributed by atoms with Crippen LogP contribution in [0.25, 0.3) is 110 Å². The van der Waals surface area contributed by atoms with Gasteiger partial charge in [-0.05, 0) is 145 Å². The van der Waals surface area contributed by atoms with E-state index in [4.69, 9.17) is 0 Å². The van der Waals surface area contributed by atoms with Gasteiger partial charge in [-0.3, -0.25) is 0 Å². The molecule has 19 aromatic rings. The fraction of sp³-hybridized carbons (Fsp3) is 0. The maximum atomic E-state index is 2.72. The van der Waals surface area contributed by atoms with E-state index in [1.54, 1.807) is 0 Å². The van der Waals surface area contributed by atoms with Crippen molar-refractivity contribution in [2.75, 3.05) is 4.90 Å². The van der Waals surface area contributed by atoms with Crippen LogP contribution in [0.3, 0.4) is 0 Å². The molecule has 0 N–H and O–H groups in total. The molecule has 0 bridgehead atoms. The first-order valence-electron chi connectivity index (χ1n) is 33.7. The molecule has 2 aliphatic heterocycles. The smallest absolute Gasteiger partial charge is 0.184 e. The maximum Gasteiger partial charge on any atom is 0.184 e. The van der Waals surface area contributed by atoms with Gasteiger partial charge in [-0.25, -0.2) is 0 Å². The summed E-state index contributed by atoms with van der Waals surface area (Å²) in [6, 6.07) is 136. The summed E-state index contributed by atoms with van der Waals surface area (Å²) >= 11 is 0. The molecule has 7 heteroatoms. The molecule has 0 saturated heterocycles. The second-order valence-corrected chi connectivity index (χ2v) is 33.7. The van der Waals surface area contributed by atoms with E-state index in [0.29, 0.717) is 0 Å². The van der Waals surface area contributed by atoms with Crippen molar-refractivity contribution >= 4 is 162 Å². The van der Waals surface area contributed by atoms with E-state index in [9.17, 15) is 0 Å². The number of rotatable bonds is 8. The zero-order valence-corrected chi connectivity index (χ0v) is 54.8. The number of hydrogen-bond donors (Lipinski definition) is 0. The monoisotopic (exact) mass is 1270 g/mol. The van der Waals surface area contributed by atoms with E-state index in [1.807, 2.05) is 0 Å². The van der Waals surface area contributed by atoms with Gasteiger partial charge in [-0.1, -0.05) is 255 Å². The second-order valence-electron chi connectivity index (χ2n) is 26.3. The van der Waals surface area contributed by atoms with Gasteiger partial charge in [0.1, 0.15) is 0 Å². The summed E-state index contributed by atoms with van der Waals surface area (Å²) in [4.78, 5) is 2.72. The largest absolute Gasteiger partial charge is 0.311 e. The standard InChI is InChI=1S/C90H59N5Si2/c1-4-27-64(28-5-1)96(65-29-6-2-7-30-65)87-55-52-63(94-82-53-50-61(92-78-42-18-12-36-70(78)71-37-13-19-43-79(71)92)57-74(82)75-58-62(51-54-83(75)94)93-80-44-20-14-38-72(80)73-39-15-21-45-81(73)93)59-85(87)95-84-46-22-23-47-86(84)97(66-31-8-3-9-32-66,89-49-25-48-88(96)90(89)95)67-33-24-26-60(56-67)91-76-40-16-10-34-68(76)69-35-11-17-41-77(69)91/h1-59H. The fourth-order valence-electron chi connectivity index (χ4n) is 17.9. The SMILES string of the molecule is c1ccc([Si]2(c3cccc(-n4c5ccccc5c5ccccc54)c3)c3ccccc3N3c4cc(-n5c6ccc(-n7c8ccccc8c8ccccc87)cc6c6cc(-n7c8ccccc8c8ccccc87)ccc65)ccc4[Si](c4ccccc4)(c4ccccc4)c4cccc2c43)cc1. The average molecular weight is 1270 g/mol. The molecule has 15 aromatic carbocycles. The minimum atomic E-state index is -3.30. The molecule has 0 aliphatic carbocycles. The molecule has 0 radical (unpaired) electrons. The topological polar surface area (TPSA) is 23.0 Å². The Bertz CT molecular complexity index is 6110. The summed E-state index contributed by atoms with van der Waals surface area (Å²) < 4.78 is 9.98. The predicted octanol–water partition coefficient (Wildman–Crippen LogP) is 16.9. The van der Waals surface area contributed by atoms with Crippen molar-refractivity contribution in [3.8, 4) is 22.7 Å². The average Bonchev–Trinajstić information content (AvgIpc) is 1.53. The number of anilines is 3. The highest BCUT2D eigenvalue weighted by Gasteiger charge is 2.56. The van der Waals surface area contributed by atoms with Crippen molar-refractivity contribution in [3.63, 3.8) is 0 Å². The van der Waals surface area contributed by atoms with Crippen molar-refractivity contribution in [1.29, 1.82) is 0 Å². The van der Waals surface area contributed by atoms with Crippen LogP contribution < -0.4 is 46.4 Å². The first-order valence-corrected chi connectivity index (χ1v) is 37.7. The maximum absolute atomic E-state index is 3.30. The summed E-state index contributed by atoms with van der Waals surface area (Å²) in [6.07, 6.45) is 0. The van der Waals surface area contributed by atoms with Crippen LogP contribution in [-0.4, -0.2) is 34.4 Å². The third-order valence-electron chi connectivity index (χ3n) is 21.6. The molecule has 5 nitrogen and oxygen atoms in total. The van der Waals surface area contributed by atoms with Crippen LogP contribution >= 0.6 is 0 Å². The van der Waals surface area contributed by atoms with Crippen molar-refractivity contribution in [2.24, 2.45) is 0 Å². The Labute approximate surface area is 562 Å². The first-order chi connectivity index (χ1) is 48.2. The van der Waals surface area contributed by atoms with E-state index in [1.165, 1.54) is 135 Å². The Hall–Kier alpha value is -12.3. The van der Waals surface area contributed by atoms with E-state index >= 15 is 0 Å². The summed E-state index contributed by atoms with van der Waals surface area (Å²) in [6.45, 7) is 0. The van der Waals surface area contributed by atoms with Gasteiger partial charge in [-0.2, -0.15) is 0 Å². The summed E-state index contributed by atoms with van der Waals surface area (Å²) in [5.41, 5.74) is 17.7. The highest BCUT2D eigenvalue weighted by Crippen LogP contribution is 2.45. The van der Waals surface area contributed by atoms with Crippen LogP contribution in [0, 0.1) is 0 Å². The molecule has 0 saturated carbocycles. The van der Waals surface area contributed by atoms with Crippen molar-refractivity contribution in [3.05, 3.63) is 358 Å². The molecule has 97 heavy (non-hydrogen) atoms. The van der Waals surface area contributed by atoms with Crippen LogP contribution in [0.1, 0.15) is 0 Å². The molecule has 21 rings (SSSR count). The van der Waals surface area contributed by atoms with Gasteiger partial charge in [-0.15, -0.1) is 0 Å². The van der Waals surface area contributed by atoms with Gasteiger partial charge in [0, 0.05) is 82.9 Å². The van der Waals surface area contributed by atoms with Gasteiger partial charge >= 0.3 is 0 Å². The Morgan fingerprint density at radius 3 is 0.907 bits per heavy atom. The lowest BCUT2D eigenvalue weighted by Gasteiger charge is -2.52. The lowest BCUT2D eigenvalue weighted by molar-refractivity contribution is 1.15. The predicted molar refractivity (Wildman–Crippen MR) is 413 cm³/mol. The first kappa shape index (κ1) is 54.2. The van der Waals surface area contributed by atoms with Crippen LogP contribution in [0.4, 0.5) is 17.1 Å². The highest BCUT2D eigenvalue weighted by atomic mass is 28.3. The van der Waals surface area contributed by atoms with Crippen molar-refractivity contribution in [2.45, 2.75) is 0 Å². The lowest BCUT2D eigenvalue weighted by atomic mass is 10.1. The lowest BCUT2D eigenvalue weighted by Crippen LogP contribution is -2.82. The van der Waals surface area contributed by atoms with Crippen LogP contribution in [0.2, 0.25) is 0 Å². The van der Waals surface area contributed by atoms with Crippen LogP contribution in [0.5, 0.6) is 0 Å². The number of fused-ring (bicyclic) bond motifs is 16. The number of para-hydroxylation sites is 8. The van der Waals surface area contributed by atoms with Crippen LogP contribution in [-0.2, 0) is 0 Å². The van der Waals surface area contributed by atoms with Gasteiger partial charge in [0.05, 0.1) is 44.1 Å². The molecule has 1 atom stereocenters. The minimum absolute atomic E-state index is 1.10. The molecular formula is C90H59N5Si2. The van der Waals surface area contributed by atoms with E-state index < -0.39 is 16.1 Å². The quantitative estimate of drug-likeness (QED) is 0.139. The molecule has 0 fully saturated rings.